The van der Waals surface area contributed by atoms with Crippen LogP contribution in [0.2, 0.25) is 0 Å². The number of para-hydroxylation sites is 3. The van der Waals surface area contributed by atoms with E-state index in [-0.39, 0.29) is 0 Å². The maximum absolute atomic E-state index is 3.67. The quantitative estimate of drug-likeness (QED) is 0.233. The van der Waals surface area contributed by atoms with Crippen LogP contribution in [0.3, 0.4) is 0 Å². The SMILES string of the molecule is c1ccc(Nc2cc(-c3ccc4cc5ccccc5cc4c3)c3c(c2)c2ccccc2n3-c2ccccc2)cc1. The molecular weight excluding hydrogens is 484 g/mol. The number of aromatic nitrogens is 1. The van der Waals surface area contributed by atoms with Gasteiger partial charge >= 0.3 is 0 Å². The van der Waals surface area contributed by atoms with Gasteiger partial charge in [0.25, 0.3) is 0 Å². The van der Waals surface area contributed by atoms with Gasteiger partial charge in [-0.2, -0.15) is 0 Å². The molecule has 0 aliphatic rings. The molecule has 0 amide bonds. The fraction of sp³-hybridized carbons (Fsp3) is 0. The third-order valence-corrected chi connectivity index (χ3v) is 7.86. The van der Waals surface area contributed by atoms with Crippen LogP contribution in [0.1, 0.15) is 0 Å². The zero-order valence-corrected chi connectivity index (χ0v) is 21.9. The molecule has 0 radical (unpaired) electrons. The largest absolute Gasteiger partial charge is 0.355 e. The van der Waals surface area contributed by atoms with Gasteiger partial charge in [-0.05, 0) is 87.8 Å². The molecule has 0 saturated heterocycles. The van der Waals surface area contributed by atoms with Gasteiger partial charge in [0.1, 0.15) is 0 Å². The van der Waals surface area contributed by atoms with Gasteiger partial charge in [-0.3, -0.25) is 0 Å². The standard InChI is InChI=1S/C38H26N2/c1-3-13-31(14-4-1)39-32-24-35(29-20-19-28-21-26-11-7-8-12-27(26)22-30(28)23-29)38-36(25-32)34-17-9-10-18-37(34)40(38)33-15-5-2-6-16-33/h1-25,39H. The van der Waals surface area contributed by atoms with E-state index in [1.54, 1.807) is 0 Å². The Morgan fingerprint density at radius 1 is 0.425 bits per heavy atom. The minimum absolute atomic E-state index is 1.07. The van der Waals surface area contributed by atoms with E-state index in [9.17, 15) is 0 Å². The van der Waals surface area contributed by atoms with E-state index in [0.717, 1.165) is 17.1 Å². The first-order valence-corrected chi connectivity index (χ1v) is 13.7. The predicted octanol–water partition coefficient (Wildman–Crippen LogP) is 10.5. The van der Waals surface area contributed by atoms with Crippen LogP contribution in [0.5, 0.6) is 0 Å². The number of anilines is 2. The molecule has 8 rings (SSSR count). The second-order valence-corrected chi connectivity index (χ2v) is 10.4. The highest BCUT2D eigenvalue weighted by molar-refractivity contribution is 6.15. The summed E-state index contributed by atoms with van der Waals surface area (Å²) < 4.78 is 2.41. The number of nitrogens with one attached hydrogen (secondary N) is 1. The lowest BCUT2D eigenvalue weighted by molar-refractivity contribution is 1.18. The second kappa shape index (κ2) is 9.14. The van der Waals surface area contributed by atoms with Crippen LogP contribution >= 0.6 is 0 Å². The Balaban J connectivity index is 1.45. The molecule has 188 valence electrons. The molecule has 2 heteroatoms. The molecule has 0 fully saturated rings. The van der Waals surface area contributed by atoms with Gasteiger partial charge in [-0.25, -0.2) is 0 Å². The smallest absolute Gasteiger partial charge is 0.0621 e. The normalized spacial score (nSPS) is 11.5. The monoisotopic (exact) mass is 510 g/mol. The van der Waals surface area contributed by atoms with Gasteiger partial charge < -0.3 is 9.88 Å². The van der Waals surface area contributed by atoms with Crippen LogP contribution < -0.4 is 5.32 Å². The van der Waals surface area contributed by atoms with E-state index in [1.165, 1.54) is 54.5 Å². The lowest BCUT2D eigenvalue weighted by Gasteiger charge is -2.15. The number of hydrogen-bond acceptors (Lipinski definition) is 1. The fourth-order valence-electron chi connectivity index (χ4n) is 6.03. The Morgan fingerprint density at radius 3 is 1.88 bits per heavy atom. The number of hydrogen-bond donors (Lipinski definition) is 1. The minimum atomic E-state index is 1.07. The van der Waals surface area contributed by atoms with Crippen molar-refractivity contribution in [3.05, 3.63) is 152 Å². The number of rotatable bonds is 4. The van der Waals surface area contributed by atoms with Crippen molar-refractivity contribution < 1.29 is 0 Å². The third kappa shape index (κ3) is 3.73. The highest BCUT2D eigenvalue weighted by Gasteiger charge is 2.18. The zero-order chi connectivity index (χ0) is 26.5. The van der Waals surface area contributed by atoms with E-state index in [4.69, 9.17) is 0 Å². The molecule has 1 N–H and O–H groups in total. The van der Waals surface area contributed by atoms with E-state index >= 15 is 0 Å². The van der Waals surface area contributed by atoms with Gasteiger partial charge in [0.15, 0.2) is 0 Å². The van der Waals surface area contributed by atoms with Crippen molar-refractivity contribution >= 4 is 54.7 Å². The van der Waals surface area contributed by atoms with Crippen molar-refractivity contribution in [2.24, 2.45) is 0 Å². The summed E-state index contributed by atoms with van der Waals surface area (Å²) in [5.74, 6) is 0. The molecule has 0 aliphatic heterocycles. The molecule has 0 unspecified atom stereocenters. The molecule has 0 atom stereocenters. The van der Waals surface area contributed by atoms with Crippen LogP contribution in [0.15, 0.2) is 152 Å². The molecule has 1 aromatic heterocycles. The first-order chi connectivity index (χ1) is 19.8. The molecule has 7 aromatic carbocycles. The number of benzene rings is 7. The summed E-state index contributed by atoms with van der Waals surface area (Å²) >= 11 is 0. The molecular formula is C38H26N2. The Hall–Kier alpha value is -5.34. The van der Waals surface area contributed by atoms with Crippen LogP contribution in [-0.4, -0.2) is 4.57 Å². The van der Waals surface area contributed by atoms with Crippen LogP contribution in [-0.2, 0) is 0 Å². The van der Waals surface area contributed by atoms with E-state index in [1.807, 2.05) is 6.07 Å². The highest BCUT2D eigenvalue weighted by atomic mass is 15.0. The maximum Gasteiger partial charge on any atom is 0.0621 e. The summed E-state index contributed by atoms with van der Waals surface area (Å²) in [5.41, 5.74) is 8.12. The summed E-state index contributed by atoms with van der Waals surface area (Å²) in [6.45, 7) is 0. The summed E-state index contributed by atoms with van der Waals surface area (Å²) in [7, 11) is 0. The molecule has 0 aliphatic carbocycles. The molecule has 8 aromatic rings. The van der Waals surface area contributed by atoms with Crippen LogP contribution in [0.4, 0.5) is 11.4 Å². The minimum Gasteiger partial charge on any atom is -0.355 e. The lowest BCUT2D eigenvalue weighted by Crippen LogP contribution is -1.97. The van der Waals surface area contributed by atoms with E-state index < -0.39 is 0 Å². The van der Waals surface area contributed by atoms with E-state index in [0.29, 0.717) is 0 Å². The Morgan fingerprint density at radius 2 is 1.07 bits per heavy atom. The fourth-order valence-corrected chi connectivity index (χ4v) is 6.03. The second-order valence-electron chi connectivity index (χ2n) is 10.4. The Bertz CT molecular complexity index is 2170. The Labute approximate surface area is 232 Å². The predicted molar refractivity (Wildman–Crippen MR) is 171 cm³/mol. The Kier molecular flexibility index (Phi) is 5.17. The maximum atomic E-state index is 3.67. The summed E-state index contributed by atoms with van der Waals surface area (Å²) in [5, 5.41) is 11.2. The van der Waals surface area contributed by atoms with Crippen molar-refractivity contribution in [2.75, 3.05) is 5.32 Å². The molecule has 0 bridgehead atoms. The van der Waals surface area contributed by atoms with Crippen molar-refractivity contribution in [2.45, 2.75) is 0 Å². The number of nitrogens with zero attached hydrogens (tertiary/aromatic N) is 1. The zero-order valence-electron chi connectivity index (χ0n) is 21.9. The summed E-state index contributed by atoms with van der Waals surface area (Å²) in [4.78, 5) is 0. The molecule has 0 saturated carbocycles. The first-order valence-electron chi connectivity index (χ1n) is 13.7. The van der Waals surface area contributed by atoms with Crippen molar-refractivity contribution in [1.82, 2.24) is 4.57 Å². The molecule has 2 nitrogen and oxygen atoms in total. The number of fused-ring (bicyclic) bond motifs is 5. The van der Waals surface area contributed by atoms with Crippen molar-refractivity contribution in [1.29, 1.82) is 0 Å². The molecule has 40 heavy (non-hydrogen) atoms. The van der Waals surface area contributed by atoms with Gasteiger partial charge in [-0.1, -0.05) is 91.0 Å². The van der Waals surface area contributed by atoms with Gasteiger partial charge in [0.05, 0.1) is 11.0 Å². The summed E-state index contributed by atoms with van der Waals surface area (Å²) in [6, 6.07) is 54.5. The summed E-state index contributed by atoms with van der Waals surface area (Å²) in [6.07, 6.45) is 0. The topological polar surface area (TPSA) is 17.0 Å². The van der Waals surface area contributed by atoms with Gasteiger partial charge in [0.2, 0.25) is 0 Å². The molecule has 0 spiro atoms. The molecule has 1 heterocycles. The van der Waals surface area contributed by atoms with Gasteiger partial charge in [0, 0.05) is 33.4 Å². The van der Waals surface area contributed by atoms with Gasteiger partial charge in [-0.15, -0.1) is 0 Å². The van der Waals surface area contributed by atoms with E-state index in [2.05, 4.69) is 155 Å². The average Bonchev–Trinajstić information content (AvgIpc) is 3.34. The first kappa shape index (κ1) is 22.6. The van der Waals surface area contributed by atoms with Crippen LogP contribution in [0, 0.1) is 0 Å². The van der Waals surface area contributed by atoms with Crippen molar-refractivity contribution in [3.8, 4) is 16.8 Å². The third-order valence-electron chi connectivity index (χ3n) is 7.86. The van der Waals surface area contributed by atoms with Crippen LogP contribution in [0.25, 0.3) is 60.2 Å². The van der Waals surface area contributed by atoms with Crippen molar-refractivity contribution in [3.63, 3.8) is 0 Å². The highest BCUT2D eigenvalue weighted by Crippen LogP contribution is 2.41. The average molecular weight is 511 g/mol. The lowest BCUT2D eigenvalue weighted by atomic mass is 9.96.